The first-order chi connectivity index (χ1) is 15.8. The van der Waals surface area contributed by atoms with E-state index >= 15 is 0 Å². The van der Waals surface area contributed by atoms with Gasteiger partial charge in [0.1, 0.15) is 23.0 Å². The predicted molar refractivity (Wildman–Crippen MR) is 134 cm³/mol. The first kappa shape index (κ1) is 19.2. The van der Waals surface area contributed by atoms with Gasteiger partial charge in [-0.2, -0.15) is 0 Å². The zero-order valence-corrected chi connectivity index (χ0v) is 18.7. The van der Waals surface area contributed by atoms with E-state index in [1.54, 1.807) is 0 Å². The zero-order chi connectivity index (χ0) is 21.8. The Morgan fingerprint density at radius 1 is 0.719 bits per heavy atom. The average Bonchev–Trinajstić information content (AvgIpc) is 2.84. The van der Waals surface area contributed by atoms with Gasteiger partial charge >= 0.3 is 0 Å². The summed E-state index contributed by atoms with van der Waals surface area (Å²) in [7, 11) is 0. The van der Waals surface area contributed by atoms with Crippen LogP contribution in [-0.2, 0) is 0 Å². The third-order valence-electron chi connectivity index (χ3n) is 6.69. The highest BCUT2D eigenvalue weighted by Gasteiger charge is 2.45. The molecule has 1 atom stereocenters. The smallest absolute Gasteiger partial charge is 0.261 e. The quantitative estimate of drug-likeness (QED) is 0.321. The van der Waals surface area contributed by atoms with Crippen LogP contribution in [0.25, 0.3) is 21.5 Å². The summed E-state index contributed by atoms with van der Waals surface area (Å²) in [5, 5.41) is 4.99. The minimum absolute atomic E-state index is 0.114. The Hall–Kier alpha value is -3.46. The van der Waals surface area contributed by atoms with Gasteiger partial charge in [0.05, 0.1) is 0 Å². The molecule has 2 heterocycles. The number of hydrogen-bond donors (Lipinski definition) is 0. The van der Waals surface area contributed by atoms with Crippen molar-refractivity contribution < 1.29 is 9.47 Å². The first-order valence-electron chi connectivity index (χ1n) is 11.6. The lowest BCUT2D eigenvalue weighted by molar-refractivity contribution is 0.354. The van der Waals surface area contributed by atoms with Gasteiger partial charge < -0.3 is 9.47 Å². The van der Waals surface area contributed by atoms with Crippen LogP contribution in [0, 0.1) is 5.92 Å². The zero-order valence-electron chi connectivity index (χ0n) is 18.7. The molecule has 0 fully saturated rings. The van der Waals surface area contributed by atoms with Crippen molar-refractivity contribution >= 4 is 39.2 Å². The number of rotatable bonds is 0. The van der Waals surface area contributed by atoms with Crippen LogP contribution in [0.5, 0.6) is 11.5 Å². The largest absolute Gasteiger partial charge is 0.463 e. The molecule has 2 aliphatic heterocycles. The highest BCUT2D eigenvalue weighted by Crippen LogP contribution is 2.42. The molecule has 3 aliphatic rings. The molecule has 0 saturated carbocycles. The van der Waals surface area contributed by atoms with E-state index in [-0.39, 0.29) is 6.71 Å². The number of allylic oxidation sites excluding steroid dienone is 3. The summed E-state index contributed by atoms with van der Waals surface area (Å²) < 4.78 is 13.0. The van der Waals surface area contributed by atoms with E-state index in [1.165, 1.54) is 37.9 Å². The van der Waals surface area contributed by atoms with E-state index in [0.717, 1.165) is 29.4 Å². The lowest BCUT2D eigenvalue weighted by Crippen LogP contribution is -2.53. The van der Waals surface area contributed by atoms with Gasteiger partial charge in [-0.3, -0.25) is 0 Å². The number of hydrogen-bond acceptors (Lipinski definition) is 2. The van der Waals surface area contributed by atoms with E-state index in [4.69, 9.17) is 9.47 Å². The van der Waals surface area contributed by atoms with Crippen LogP contribution in [0.2, 0.25) is 0 Å². The maximum absolute atomic E-state index is 6.54. The minimum atomic E-state index is 0.114. The molecule has 4 aromatic carbocycles. The fourth-order valence-corrected chi connectivity index (χ4v) is 5.44. The Bertz CT molecular complexity index is 1450. The standard InChI is InChI=1S/C27H19BO2.C2H6/c1-16-14-23-27-24(15-16)30-22-13-11-18-7-3-5-9-20(18)26(22)28(27)25-19-8-4-2-6-17(19)10-12-21(25)29-23;1-2/h2-14,16H,15H2,1H3;1-2H3. The van der Waals surface area contributed by atoms with Gasteiger partial charge in [-0.25, -0.2) is 0 Å². The molecule has 3 heteroatoms. The summed E-state index contributed by atoms with van der Waals surface area (Å²) in [6.45, 7) is 6.34. The van der Waals surface area contributed by atoms with Crippen molar-refractivity contribution in [3.05, 3.63) is 95.9 Å². The van der Waals surface area contributed by atoms with Gasteiger partial charge in [0.2, 0.25) is 0 Å². The van der Waals surface area contributed by atoms with Crippen LogP contribution >= 0.6 is 0 Å². The lowest BCUT2D eigenvalue weighted by atomic mass is 9.32. The van der Waals surface area contributed by atoms with E-state index in [0.29, 0.717) is 5.92 Å². The molecule has 0 radical (unpaired) electrons. The van der Waals surface area contributed by atoms with Crippen molar-refractivity contribution in [3.8, 4) is 11.5 Å². The fourth-order valence-electron chi connectivity index (χ4n) is 5.44. The highest BCUT2D eigenvalue weighted by atomic mass is 16.5. The Morgan fingerprint density at radius 3 is 1.91 bits per heavy atom. The third-order valence-corrected chi connectivity index (χ3v) is 6.69. The van der Waals surface area contributed by atoms with Crippen molar-refractivity contribution in [2.45, 2.75) is 27.2 Å². The average molecular weight is 416 g/mol. The molecule has 0 aromatic heterocycles. The van der Waals surface area contributed by atoms with Gasteiger partial charge in [-0.05, 0) is 56.6 Å². The van der Waals surface area contributed by atoms with E-state index in [9.17, 15) is 0 Å². The molecule has 7 rings (SSSR count). The Balaban J connectivity index is 0.000000953. The maximum Gasteiger partial charge on any atom is 0.261 e. The third kappa shape index (κ3) is 2.67. The molecule has 0 spiro atoms. The first-order valence-corrected chi connectivity index (χ1v) is 11.6. The van der Waals surface area contributed by atoms with Gasteiger partial charge in [0.15, 0.2) is 0 Å². The van der Waals surface area contributed by atoms with Crippen LogP contribution in [-0.4, -0.2) is 6.71 Å². The number of benzene rings is 4. The molecule has 0 amide bonds. The molecule has 32 heavy (non-hydrogen) atoms. The summed E-state index contributed by atoms with van der Waals surface area (Å²) in [4.78, 5) is 0. The molecule has 156 valence electrons. The summed E-state index contributed by atoms with van der Waals surface area (Å²) in [5.74, 6) is 4.36. The summed E-state index contributed by atoms with van der Waals surface area (Å²) in [6.07, 6.45) is 3.18. The second-order valence-electron chi connectivity index (χ2n) is 8.58. The SMILES string of the molecule is CC.CC1C=C2Oc3ccc4ccccc4c3B3C2=C(C1)Oc1ccc2ccccc2c13. The molecule has 1 unspecified atom stereocenters. The molecule has 1 aliphatic carbocycles. The van der Waals surface area contributed by atoms with E-state index in [2.05, 4.69) is 85.8 Å². The van der Waals surface area contributed by atoms with Crippen LogP contribution < -0.4 is 20.4 Å². The number of fused-ring (bicyclic) bond motifs is 8. The van der Waals surface area contributed by atoms with Gasteiger partial charge in [-0.15, -0.1) is 0 Å². The molecule has 0 N–H and O–H groups in total. The van der Waals surface area contributed by atoms with Crippen LogP contribution in [0.15, 0.2) is 95.9 Å². The normalized spacial score (nSPS) is 17.9. The highest BCUT2D eigenvalue weighted by molar-refractivity contribution is 6.96. The van der Waals surface area contributed by atoms with E-state index in [1.807, 2.05) is 13.8 Å². The van der Waals surface area contributed by atoms with E-state index < -0.39 is 0 Å². The maximum atomic E-state index is 6.54. The topological polar surface area (TPSA) is 18.5 Å². The van der Waals surface area contributed by atoms with Crippen molar-refractivity contribution in [2.75, 3.05) is 0 Å². The lowest BCUT2D eigenvalue weighted by Gasteiger charge is -2.38. The van der Waals surface area contributed by atoms with Crippen molar-refractivity contribution in [2.24, 2.45) is 5.92 Å². The summed E-state index contributed by atoms with van der Waals surface area (Å²) >= 11 is 0. The molecule has 0 bridgehead atoms. The molecule has 4 aromatic rings. The Morgan fingerprint density at radius 2 is 1.28 bits per heavy atom. The number of ether oxygens (including phenoxy) is 2. The van der Waals surface area contributed by atoms with Crippen molar-refractivity contribution in [3.63, 3.8) is 0 Å². The Kier molecular flexibility index (Phi) is 4.39. The molecule has 0 saturated heterocycles. The molecule has 2 nitrogen and oxygen atoms in total. The minimum Gasteiger partial charge on any atom is -0.463 e. The van der Waals surface area contributed by atoms with Gasteiger partial charge in [0.25, 0.3) is 6.71 Å². The summed E-state index contributed by atoms with van der Waals surface area (Å²) in [5.41, 5.74) is 3.72. The van der Waals surface area contributed by atoms with Crippen molar-refractivity contribution in [1.82, 2.24) is 0 Å². The summed E-state index contributed by atoms with van der Waals surface area (Å²) in [6, 6.07) is 25.9. The fraction of sp³-hybridized carbons (Fsp3) is 0.172. The Labute approximate surface area is 189 Å². The molecular weight excluding hydrogens is 391 g/mol. The predicted octanol–water partition coefficient (Wildman–Crippen LogP) is 6.13. The second-order valence-corrected chi connectivity index (χ2v) is 8.58. The van der Waals surface area contributed by atoms with Crippen LogP contribution in [0.4, 0.5) is 0 Å². The van der Waals surface area contributed by atoms with Crippen LogP contribution in [0.1, 0.15) is 27.2 Å². The monoisotopic (exact) mass is 416 g/mol. The van der Waals surface area contributed by atoms with Crippen LogP contribution in [0.3, 0.4) is 0 Å². The van der Waals surface area contributed by atoms with Crippen molar-refractivity contribution in [1.29, 1.82) is 0 Å². The second kappa shape index (κ2) is 7.31. The van der Waals surface area contributed by atoms with Gasteiger partial charge in [0, 0.05) is 11.9 Å². The van der Waals surface area contributed by atoms with Gasteiger partial charge in [-0.1, -0.05) is 81.4 Å². The molecular formula is C29H25BO2.